The predicted molar refractivity (Wildman–Crippen MR) is 60.8 cm³/mol. The third-order valence-electron chi connectivity index (χ3n) is 3.29. The second kappa shape index (κ2) is 4.42. The van der Waals surface area contributed by atoms with Gasteiger partial charge in [-0.3, -0.25) is 0 Å². The van der Waals surface area contributed by atoms with E-state index in [1.54, 1.807) is 4.90 Å². The molecule has 6 heteroatoms. The van der Waals surface area contributed by atoms with Crippen molar-refractivity contribution in [3.05, 3.63) is 29.6 Å². The molecule has 2 rings (SSSR count). The van der Waals surface area contributed by atoms with Crippen molar-refractivity contribution in [2.75, 3.05) is 18.0 Å². The summed E-state index contributed by atoms with van der Waals surface area (Å²) in [7, 11) is 0. The molecule has 2 nitrogen and oxygen atoms in total. The van der Waals surface area contributed by atoms with E-state index in [2.05, 4.69) is 0 Å². The van der Waals surface area contributed by atoms with Crippen LogP contribution in [0.15, 0.2) is 18.2 Å². The zero-order valence-electron chi connectivity index (χ0n) is 9.84. The van der Waals surface area contributed by atoms with E-state index in [9.17, 15) is 17.6 Å². The molecule has 0 saturated carbocycles. The van der Waals surface area contributed by atoms with Crippen molar-refractivity contribution in [1.29, 1.82) is 0 Å². The van der Waals surface area contributed by atoms with Gasteiger partial charge in [0.05, 0.1) is 11.3 Å². The van der Waals surface area contributed by atoms with Crippen molar-refractivity contribution in [2.45, 2.75) is 19.1 Å². The van der Waals surface area contributed by atoms with Crippen LogP contribution in [0.3, 0.4) is 0 Å². The summed E-state index contributed by atoms with van der Waals surface area (Å²) in [5.41, 5.74) is 5.02. The summed E-state index contributed by atoms with van der Waals surface area (Å²) in [5.74, 6) is -0.655. The maximum Gasteiger partial charge on any atom is 0.416 e. The molecule has 2 unspecified atom stereocenters. The summed E-state index contributed by atoms with van der Waals surface area (Å²) in [6.45, 7) is 2.96. The zero-order valence-corrected chi connectivity index (χ0v) is 9.84. The minimum absolute atomic E-state index is 0.0771. The average Bonchev–Trinajstić information content (AvgIpc) is 2.57. The SMILES string of the molecule is CC1CN(c2ccc(C(F)(F)F)cc2F)CC1N. The highest BCUT2D eigenvalue weighted by Crippen LogP contribution is 2.33. The van der Waals surface area contributed by atoms with Gasteiger partial charge in [0, 0.05) is 19.1 Å². The van der Waals surface area contributed by atoms with Gasteiger partial charge in [-0.05, 0) is 24.1 Å². The number of alkyl halides is 3. The maximum atomic E-state index is 13.7. The van der Waals surface area contributed by atoms with Crippen molar-refractivity contribution >= 4 is 5.69 Å². The smallest absolute Gasteiger partial charge is 0.367 e. The Kier molecular flexibility index (Phi) is 3.23. The monoisotopic (exact) mass is 262 g/mol. The van der Waals surface area contributed by atoms with Crippen molar-refractivity contribution < 1.29 is 17.6 Å². The molecule has 1 aromatic rings. The molecule has 1 aliphatic rings. The minimum atomic E-state index is -4.52. The standard InChI is InChI=1S/C12H14F4N2/c1-7-5-18(6-10(7)17)11-3-2-8(4-9(11)13)12(14,15)16/h2-4,7,10H,5-6,17H2,1H3. The maximum absolute atomic E-state index is 13.7. The molecule has 1 aliphatic heterocycles. The Morgan fingerprint density at radius 1 is 1.28 bits per heavy atom. The summed E-state index contributed by atoms with van der Waals surface area (Å²) >= 11 is 0. The van der Waals surface area contributed by atoms with E-state index in [4.69, 9.17) is 5.73 Å². The second-order valence-electron chi connectivity index (χ2n) is 4.71. The number of nitrogens with zero attached hydrogens (tertiary/aromatic N) is 1. The van der Waals surface area contributed by atoms with Gasteiger partial charge < -0.3 is 10.6 Å². The number of benzene rings is 1. The van der Waals surface area contributed by atoms with Gasteiger partial charge in [0.1, 0.15) is 5.82 Å². The highest BCUT2D eigenvalue weighted by atomic mass is 19.4. The molecule has 2 atom stereocenters. The summed E-state index contributed by atoms with van der Waals surface area (Å²) in [5, 5.41) is 0. The van der Waals surface area contributed by atoms with Crippen LogP contribution < -0.4 is 10.6 Å². The van der Waals surface area contributed by atoms with Crippen molar-refractivity contribution in [3.8, 4) is 0 Å². The van der Waals surface area contributed by atoms with Crippen LogP contribution in [-0.2, 0) is 6.18 Å². The third kappa shape index (κ3) is 2.43. The van der Waals surface area contributed by atoms with Gasteiger partial charge in [-0.15, -0.1) is 0 Å². The molecule has 2 N–H and O–H groups in total. The van der Waals surface area contributed by atoms with E-state index < -0.39 is 17.6 Å². The van der Waals surface area contributed by atoms with Gasteiger partial charge >= 0.3 is 6.18 Å². The Morgan fingerprint density at radius 3 is 2.39 bits per heavy atom. The molecule has 0 aliphatic carbocycles. The van der Waals surface area contributed by atoms with Gasteiger partial charge in [0.2, 0.25) is 0 Å². The van der Waals surface area contributed by atoms with Gasteiger partial charge in [0.25, 0.3) is 0 Å². The molecular weight excluding hydrogens is 248 g/mol. The Balaban J connectivity index is 2.26. The lowest BCUT2D eigenvalue weighted by Gasteiger charge is -2.19. The fourth-order valence-corrected chi connectivity index (χ4v) is 2.13. The number of nitrogens with two attached hydrogens (primary N) is 1. The molecule has 1 saturated heterocycles. The first-order valence-corrected chi connectivity index (χ1v) is 5.66. The molecule has 0 spiro atoms. The highest BCUT2D eigenvalue weighted by molar-refractivity contribution is 5.51. The topological polar surface area (TPSA) is 29.3 Å². The van der Waals surface area contributed by atoms with Crippen LogP contribution in [0.2, 0.25) is 0 Å². The number of hydrogen-bond acceptors (Lipinski definition) is 2. The van der Waals surface area contributed by atoms with Gasteiger partial charge in [-0.1, -0.05) is 6.92 Å². The Bertz CT molecular complexity index is 434. The number of anilines is 1. The molecule has 1 aromatic carbocycles. The van der Waals surface area contributed by atoms with Crippen molar-refractivity contribution in [3.63, 3.8) is 0 Å². The predicted octanol–water partition coefficient (Wildman–Crippen LogP) is 2.63. The number of hydrogen-bond donors (Lipinski definition) is 1. The van der Waals surface area contributed by atoms with Crippen LogP contribution in [0.5, 0.6) is 0 Å². The summed E-state index contributed by atoms with van der Waals surface area (Å²) in [6, 6.07) is 2.52. The number of rotatable bonds is 1. The van der Waals surface area contributed by atoms with Crippen LogP contribution >= 0.6 is 0 Å². The fraction of sp³-hybridized carbons (Fsp3) is 0.500. The fourth-order valence-electron chi connectivity index (χ4n) is 2.13. The van der Waals surface area contributed by atoms with Gasteiger partial charge in [0.15, 0.2) is 0 Å². The number of halogens is 4. The van der Waals surface area contributed by atoms with Gasteiger partial charge in [-0.2, -0.15) is 13.2 Å². The highest BCUT2D eigenvalue weighted by Gasteiger charge is 2.33. The largest absolute Gasteiger partial charge is 0.416 e. The van der Waals surface area contributed by atoms with E-state index in [1.165, 1.54) is 6.07 Å². The van der Waals surface area contributed by atoms with Crippen LogP contribution in [0.1, 0.15) is 12.5 Å². The molecule has 0 radical (unpaired) electrons. The summed E-state index contributed by atoms with van der Waals surface area (Å²) in [4.78, 5) is 1.69. The van der Waals surface area contributed by atoms with Gasteiger partial charge in [-0.25, -0.2) is 4.39 Å². The molecule has 100 valence electrons. The van der Waals surface area contributed by atoms with Crippen LogP contribution in [0.4, 0.5) is 23.2 Å². The molecule has 0 amide bonds. The Hall–Kier alpha value is -1.30. The van der Waals surface area contributed by atoms with E-state index in [1.807, 2.05) is 6.92 Å². The molecule has 18 heavy (non-hydrogen) atoms. The Morgan fingerprint density at radius 2 is 1.94 bits per heavy atom. The molecule has 0 bridgehead atoms. The molecule has 1 heterocycles. The first-order chi connectivity index (χ1) is 8.29. The quantitative estimate of drug-likeness (QED) is 0.788. The van der Waals surface area contributed by atoms with Crippen LogP contribution in [0, 0.1) is 11.7 Å². The van der Waals surface area contributed by atoms with E-state index in [0.29, 0.717) is 19.2 Å². The Labute approximate surface area is 102 Å². The molecule has 1 fully saturated rings. The summed E-state index contributed by atoms with van der Waals surface area (Å²) < 4.78 is 50.9. The first-order valence-electron chi connectivity index (χ1n) is 5.66. The van der Waals surface area contributed by atoms with Crippen molar-refractivity contribution in [1.82, 2.24) is 0 Å². The zero-order chi connectivity index (χ0) is 13.5. The van der Waals surface area contributed by atoms with Crippen LogP contribution in [0.25, 0.3) is 0 Å². The van der Waals surface area contributed by atoms with E-state index in [0.717, 1.165) is 6.07 Å². The first kappa shape index (κ1) is 13.1. The molecular formula is C12H14F4N2. The lowest BCUT2D eigenvalue weighted by molar-refractivity contribution is -0.137. The van der Waals surface area contributed by atoms with E-state index >= 15 is 0 Å². The third-order valence-corrected chi connectivity index (χ3v) is 3.29. The minimum Gasteiger partial charge on any atom is -0.367 e. The molecule has 0 aromatic heterocycles. The lowest BCUT2D eigenvalue weighted by atomic mass is 10.1. The lowest BCUT2D eigenvalue weighted by Crippen LogP contribution is -2.28. The van der Waals surface area contributed by atoms with E-state index in [-0.39, 0.29) is 17.6 Å². The van der Waals surface area contributed by atoms with Crippen LogP contribution in [-0.4, -0.2) is 19.1 Å². The normalized spacial score (nSPS) is 24.7. The summed E-state index contributed by atoms with van der Waals surface area (Å²) in [6.07, 6.45) is -4.52. The second-order valence-corrected chi connectivity index (χ2v) is 4.71. The average molecular weight is 262 g/mol. The van der Waals surface area contributed by atoms with Crippen molar-refractivity contribution in [2.24, 2.45) is 11.7 Å².